The number of carboxylic acids is 1. The molecule has 2 aromatic carbocycles. The molecule has 3 aromatic rings. The van der Waals surface area contributed by atoms with E-state index < -0.39 is 11.5 Å². The minimum absolute atomic E-state index is 0.0735. The van der Waals surface area contributed by atoms with Crippen LogP contribution in [0.4, 0.5) is 0 Å². The van der Waals surface area contributed by atoms with Crippen molar-refractivity contribution in [3.05, 3.63) is 71.4 Å². The van der Waals surface area contributed by atoms with E-state index in [1.165, 1.54) is 0 Å². The van der Waals surface area contributed by atoms with Crippen LogP contribution in [0.1, 0.15) is 49.9 Å². The highest BCUT2D eigenvalue weighted by atomic mass is 16.5. The van der Waals surface area contributed by atoms with Gasteiger partial charge in [-0.1, -0.05) is 44.2 Å². The number of aryl methyl sites for hydroxylation is 1. The van der Waals surface area contributed by atoms with Crippen molar-refractivity contribution in [2.75, 3.05) is 6.54 Å². The number of para-hydroxylation sites is 1. The first kappa shape index (κ1) is 24.7. The van der Waals surface area contributed by atoms with Gasteiger partial charge in [-0.05, 0) is 55.5 Å². The van der Waals surface area contributed by atoms with Crippen LogP contribution in [0.25, 0.3) is 10.9 Å². The summed E-state index contributed by atoms with van der Waals surface area (Å²) >= 11 is 0. The van der Waals surface area contributed by atoms with Crippen molar-refractivity contribution in [2.24, 2.45) is 11.7 Å². The van der Waals surface area contributed by atoms with E-state index in [0.717, 1.165) is 22.2 Å². The van der Waals surface area contributed by atoms with Gasteiger partial charge in [-0.3, -0.25) is 14.6 Å². The predicted molar refractivity (Wildman–Crippen MR) is 135 cm³/mol. The van der Waals surface area contributed by atoms with E-state index >= 15 is 0 Å². The zero-order valence-electron chi connectivity index (χ0n) is 20.5. The monoisotopic (exact) mass is 475 g/mol. The Hall–Kier alpha value is -3.45. The Bertz CT molecular complexity index is 1220. The number of fused-ring (bicyclic) bond motifs is 1. The lowest BCUT2D eigenvalue weighted by Crippen LogP contribution is -2.48. The average molecular weight is 476 g/mol. The van der Waals surface area contributed by atoms with Crippen LogP contribution in [0.2, 0.25) is 0 Å². The van der Waals surface area contributed by atoms with Crippen LogP contribution in [0, 0.1) is 12.8 Å². The average Bonchev–Trinajstić information content (AvgIpc) is 3.12. The molecule has 1 amide bonds. The Morgan fingerprint density at radius 3 is 2.60 bits per heavy atom. The first-order chi connectivity index (χ1) is 16.7. The number of nitrogens with two attached hydrogens (primary N) is 1. The maximum absolute atomic E-state index is 13.4. The van der Waals surface area contributed by atoms with Crippen LogP contribution in [-0.4, -0.2) is 39.5 Å². The van der Waals surface area contributed by atoms with Gasteiger partial charge >= 0.3 is 5.97 Å². The number of aliphatic carboxylic acids is 1. The number of carboxylic acid groups (broad SMARTS) is 1. The van der Waals surface area contributed by atoms with Gasteiger partial charge in [0.1, 0.15) is 17.9 Å². The van der Waals surface area contributed by atoms with Gasteiger partial charge in [-0.25, -0.2) is 0 Å². The molecule has 0 aliphatic carbocycles. The number of aromatic nitrogens is 1. The first-order valence-electron chi connectivity index (χ1n) is 12.1. The van der Waals surface area contributed by atoms with E-state index in [4.69, 9.17) is 10.5 Å². The second-order valence-electron chi connectivity index (χ2n) is 9.85. The summed E-state index contributed by atoms with van der Waals surface area (Å²) in [5, 5.41) is 10.4. The Morgan fingerprint density at radius 2 is 1.91 bits per heavy atom. The van der Waals surface area contributed by atoms with Gasteiger partial charge < -0.3 is 20.5 Å². The molecule has 1 aromatic heterocycles. The highest BCUT2D eigenvalue weighted by Crippen LogP contribution is 2.35. The number of pyridine rings is 1. The van der Waals surface area contributed by atoms with Gasteiger partial charge in [0.2, 0.25) is 5.91 Å². The zero-order valence-corrected chi connectivity index (χ0v) is 20.5. The van der Waals surface area contributed by atoms with Crippen LogP contribution in [0.3, 0.4) is 0 Å². The van der Waals surface area contributed by atoms with Crippen molar-refractivity contribution in [3.63, 3.8) is 0 Å². The van der Waals surface area contributed by atoms with E-state index in [2.05, 4.69) is 4.98 Å². The molecule has 1 saturated heterocycles. The van der Waals surface area contributed by atoms with Gasteiger partial charge in [0.15, 0.2) is 0 Å². The molecule has 35 heavy (non-hydrogen) atoms. The molecular weight excluding hydrogens is 442 g/mol. The highest BCUT2D eigenvalue weighted by Gasteiger charge is 2.47. The highest BCUT2D eigenvalue weighted by molar-refractivity contribution is 5.90. The summed E-state index contributed by atoms with van der Waals surface area (Å²) in [6.07, 6.45) is 1.00. The molecule has 4 rings (SSSR count). The summed E-state index contributed by atoms with van der Waals surface area (Å²) in [5.74, 6) is -0.159. The van der Waals surface area contributed by atoms with Crippen LogP contribution in [0.15, 0.2) is 54.6 Å². The molecule has 2 heterocycles. The van der Waals surface area contributed by atoms with Crippen molar-refractivity contribution in [2.45, 2.75) is 58.2 Å². The Labute approximate surface area is 205 Å². The summed E-state index contributed by atoms with van der Waals surface area (Å²) in [5.41, 5.74) is 9.10. The number of carbonyl (C=O) groups excluding carboxylic acids is 1. The third kappa shape index (κ3) is 5.30. The molecule has 7 heteroatoms. The maximum atomic E-state index is 13.4. The second-order valence-corrected chi connectivity index (χ2v) is 9.85. The van der Waals surface area contributed by atoms with Gasteiger partial charge in [0.05, 0.1) is 11.9 Å². The van der Waals surface area contributed by atoms with Gasteiger partial charge in [-0.15, -0.1) is 0 Å². The van der Waals surface area contributed by atoms with Gasteiger partial charge in [-0.2, -0.15) is 0 Å². The van der Waals surface area contributed by atoms with Gasteiger partial charge in [0, 0.05) is 29.2 Å². The van der Waals surface area contributed by atoms with Crippen molar-refractivity contribution < 1.29 is 19.4 Å². The fourth-order valence-electron chi connectivity index (χ4n) is 4.97. The SMILES string of the molecule is Cc1cc(COc2ccc(C3(N)CCN([C@@H](CC(=O)O)CC(C)C)C3=O)cc2)c2ccccc2n1. The molecule has 7 nitrogen and oxygen atoms in total. The van der Waals surface area contributed by atoms with Gasteiger partial charge in [0.25, 0.3) is 0 Å². The number of nitrogens with zero attached hydrogens (tertiary/aromatic N) is 2. The zero-order chi connectivity index (χ0) is 25.2. The van der Waals surface area contributed by atoms with E-state index in [9.17, 15) is 14.7 Å². The van der Waals surface area contributed by atoms with Crippen LogP contribution < -0.4 is 10.5 Å². The standard InChI is InChI=1S/C28H33N3O4/c1-18(2)14-22(16-26(32)33)31-13-12-28(29,27(31)34)21-8-10-23(11-9-21)35-17-20-15-19(3)30-25-7-5-4-6-24(20)25/h4-11,15,18,22H,12-14,16-17,29H2,1-3H3,(H,32,33)/t22-,28?/m1/s1. The number of hydrogen-bond donors (Lipinski definition) is 2. The lowest BCUT2D eigenvalue weighted by molar-refractivity contribution is -0.141. The molecule has 184 valence electrons. The van der Waals surface area contributed by atoms with E-state index in [-0.39, 0.29) is 24.3 Å². The topological polar surface area (TPSA) is 106 Å². The second kappa shape index (κ2) is 10.0. The van der Waals surface area contributed by atoms with Crippen molar-refractivity contribution in [1.29, 1.82) is 0 Å². The molecule has 1 unspecified atom stereocenters. The fourth-order valence-corrected chi connectivity index (χ4v) is 4.97. The lowest BCUT2D eigenvalue weighted by atomic mass is 9.89. The van der Waals surface area contributed by atoms with E-state index in [0.29, 0.717) is 37.3 Å². The number of ether oxygens (including phenoxy) is 1. The number of carbonyl (C=O) groups is 2. The maximum Gasteiger partial charge on any atom is 0.305 e. The molecule has 1 aliphatic heterocycles. The quantitative estimate of drug-likeness (QED) is 0.475. The van der Waals surface area contributed by atoms with Crippen LogP contribution in [-0.2, 0) is 21.7 Å². The third-order valence-electron chi connectivity index (χ3n) is 6.68. The van der Waals surface area contributed by atoms with E-state index in [1.807, 2.05) is 75.4 Å². The summed E-state index contributed by atoms with van der Waals surface area (Å²) in [4.78, 5) is 31.0. The van der Waals surface area contributed by atoms with Crippen LogP contribution >= 0.6 is 0 Å². The number of likely N-dealkylation sites (tertiary alicyclic amines) is 1. The first-order valence-corrected chi connectivity index (χ1v) is 12.1. The van der Waals surface area contributed by atoms with E-state index in [1.54, 1.807) is 4.90 Å². The Balaban J connectivity index is 1.48. The summed E-state index contributed by atoms with van der Waals surface area (Å²) in [7, 11) is 0. The largest absolute Gasteiger partial charge is 0.489 e. The summed E-state index contributed by atoms with van der Waals surface area (Å²) in [6.45, 7) is 6.87. The van der Waals surface area contributed by atoms with Crippen LogP contribution in [0.5, 0.6) is 5.75 Å². The number of amides is 1. The molecule has 1 fully saturated rings. The minimum atomic E-state index is -1.16. The molecule has 1 aliphatic rings. The Morgan fingerprint density at radius 1 is 1.20 bits per heavy atom. The van der Waals surface area contributed by atoms with Crippen molar-refractivity contribution in [3.8, 4) is 5.75 Å². The number of rotatable bonds is 9. The molecule has 0 radical (unpaired) electrons. The lowest BCUT2D eigenvalue weighted by Gasteiger charge is -2.30. The molecule has 0 spiro atoms. The smallest absolute Gasteiger partial charge is 0.305 e. The minimum Gasteiger partial charge on any atom is -0.489 e. The third-order valence-corrected chi connectivity index (χ3v) is 6.68. The number of hydrogen-bond acceptors (Lipinski definition) is 5. The molecule has 0 bridgehead atoms. The molecule has 3 N–H and O–H groups in total. The summed E-state index contributed by atoms with van der Waals surface area (Å²) in [6, 6.07) is 17.0. The molecule has 0 saturated carbocycles. The Kier molecular flexibility index (Phi) is 7.08. The fraction of sp³-hybridized carbons (Fsp3) is 0.393. The van der Waals surface area contributed by atoms with Crippen molar-refractivity contribution >= 4 is 22.8 Å². The molecular formula is C28H33N3O4. The van der Waals surface area contributed by atoms with Crippen molar-refractivity contribution in [1.82, 2.24) is 9.88 Å². The molecule has 2 atom stereocenters. The predicted octanol–water partition coefficient (Wildman–Crippen LogP) is 4.40. The number of benzene rings is 2. The summed E-state index contributed by atoms with van der Waals surface area (Å²) < 4.78 is 6.05. The normalized spacial score (nSPS) is 18.9.